The van der Waals surface area contributed by atoms with Crippen molar-refractivity contribution in [1.29, 1.82) is 0 Å². The van der Waals surface area contributed by atoms with E-state index in [9.17, 15) is 14.4 Å². The van der Waals surface area contributed by atoms with Crippen molar-refractivity contribution < 1.29 is 19.1 Å². The van der Waals surface area contributed by atoms with Crippen LogP contribution in [0.3, 0.4) is 0 Å². The predicted molar refractivity (Wildman–Crippen MR) is 128 cm³/mol. The number of piperazine rings is 1. The number of para-hydroxylation sites is 1. The number of nitrogens with zero attached hydrogens (tertiary/aromatic N) is 5. The monoisotopic (exact) mass is 478 g/mol. The Morgan fingerprint density at radius 2 is 1.89 bits per heavy atom. The van der Waals surface area contributed by atoms with Crippen LogP contribution in [0.4, 0.5) is 10.6 Å². The van der Waals surface area contributed by atoms with Crippen molar-refractivity contribution in [3.8, 4) is 5.75 Å². The van der Waals surface area contributed by atoms with E-state index >= 15 is 0 Å². The van der Waals surface area contributed by atoms with Gasteiger partial charge in [-0.15, -0.1) is 0 Å². The van der Waals surface area contributed by atoms with Crippen LogP contribution in [0.2, 0.25) is 0 Å². The Morgan fingerprint density at radius 3 is 2.63 bits per heavy atom. The third-order valence-electron chi connectivity index (χ3n) is 6.88. The highest BCUT2D eigenvalue weighted by Crippen LogP contribution is 2.40. The molecule has 1 N–H and O–H groups in total. The van der Waals surface area contributed by atoms with E-state index in [0.29, 0.717) is 50.5 Å². The molecule has 1 aromatic heterocycles. The van der Waals surface area contributed by atoms with Crippen LogP contribution in [0.15, 0.2) is 30.3 Å². The average Bonchev–Trinajstić information content (AvgIpc) is 3.08. The molecule has 1 aromatic carbocycles. The Morgan fingerprint density at radius 1 is 1.14 bits per heavy atom. The molecule has 3 aliphatic rings. The minimum Gasteiger partial charge on any atom is -0.493 e. The van der Waals surface area contributed by atoms with E-state index in [0.717, 1.165) is 22.2 Å². The molecular formula is C25H30N6O4. The molecule has 2 saturated heterocycles. The Bertz CT molecular complexity index is 1180. The number of aryl methyl sites for hydroxylation is 1. The van der Waals surface area contributed by atoms with Gasteiger partial charge < -0.3 is 19.9 Å². The molecule has 0 aliphatic carbocycles. The highest BCUT2D eigenvalue weighted by molar-refractivity contribution is 6.09. The Kier molecular flexibility index (Phi) is 5.82. The number of urea groups is 1. The minimum atomic E-state index is -1.18. The van der Waals surface area contributed by atoms with Gasteiger partial charge in [-0.05, 0) is 13.0 Å². The minimum absolute atomic E-state index is 0.228. The van der Waals surface area contributed by atoms with Gasteiger partial charge >= 0.3 is 6.03 Å². The Labute approximate surface area is 204 Å². The van der Waals surface area contributed by atoms with Gasteiger partial charge in [-0.1, -0.05) is 32.0 Å². The summed E-state index contributed by atoms with van der Waals surface area (Å²) in [5, 5.41) is 2.85. The summed E-state index contributed by atoms with van der Waals surface area (Å²) in [6.45, 7) is 8.34. The van der Waals surface area contributed by atoms with Crippen molar-refractivity contribution in [3.63, 3.8) is 0 Å². The van der Waals surface area contributed by atoms with Crippen molar-refractivity contribution in [2.45, 2.75) is 38.6 Å². The molecule has 1 spiro atoms. The summed E-state index contributed by atoms with van der Waals surface area (Å²) in [6, 6.07) is 8.62. The number of ether oxygens (including phenoxy) is 1. The lowest BCUT2D eigenvalue weighted by atomic mass is 9.84. The van der Waals surface area contributed by atoms with E-state index in [-0.39, 0.29) is 18.4 Å². The van der Waals surface area contributed by atoms with Crippen molar-refractivity contribution in [2.75, 3.05) is 44.2 Å². The zero-order chi connectivity index (χ0) is 24.7. The van der Waals surface area contributed by atoms with Gasteiger partial charge in [-0.3, -0.25) is 14.5 Å². The number of hydrogen-bond donors (Lipinski definition) is 1. The second-order valence-electron chi connectivity index (χ2n) is 9.57. The molecule has 10 heteroatoms. The lowest BCUT2D eigenvalue weighted by molar-refractivity contribution is -0.139. The number of carbonyl (C=O) groups excluding carboxylic acids is 3. The predicted octanol–water partition coefficient (Wildman–Crippen LogP) is 1.79. The number of amides is 4. The molecule has 1 atom stereocenters. The second kappa shape index (κ2) is 8.83. The number of carbonyl (C=O) groups is 3. The molecule has 0 bridgehead atoms. The molecule has 10 nitrogen and oxygen atoms in total. The molecule has 184 valence electrons. The standard InChI is InChI=1S/C25H30N6O4/c1-16(2)22-26-17(3)14-20(27-22)29-9-11-30(12-10-29)21(32)15-31-23(33)25(28-24(31)34)8-13-35-19-7-5-4-6-18(19)25/h4-7,14,16H,8-13,15H2,1-3H3,(H,28,34). The molecule has 2 fully saturated rings. The number of imide groups is 1. The fourth-order valence-electron chi connectivity index (χ4n) is 4.93. The highest BCUT2D eigenvalue weighted by atomic mass is 16.5. The smallest absolute Gasteiger partial charge is 0.325 e. The average molecular weight is 479 g/mol. The van der Waals surface area contributed by atoms with Crippen LogP contribution in [0.1, 0.15) is 43.3 Å². The lowest BCUT2D eigenvalue weighted by Gasteiger charge is -2.36. The first-order chi connectivity index (χ1) is 16.8. The molecule has 4 amide bonds. The first kappa shape index (κ1) is 23.1. The number of rotatable bonds is 4. The topological polar surface area (TPSA) is 108 Å². The summed E-state index contributed by atoms with van der Waals surface area (Å²) < 4.78 is 5.67. The van der Waals surface area contributed by atoms with Crippen LogP contribution < -0.4 is 15.0 Å². The third kappa shape index (κ3) is 4.06. The molecule has 4 heterocycles. The second-order valence-corrected chi connectivity index (χ2v) is 9.57. The van der Waals surface area contributed by atoms with E-state index in [2.05, 4.69) is 29.0 Å². The van der Waals surface area contributed by atoms with Crippen molar-refractivity contribution in [1.82, 2.24) is 25.1 Å². The summed E-state index contributed by atoms with van der Waals surface area (Å²) in [6.07, 6.45) is 0.328. The first-order valence-corrected chi connectivity index (χ1v) is 12.0. The van der Waals surface area contributed by atoms with Gasteiger partial charge in [0.2, 0.25) is 5.91 Å². The van der Waals surface area contributed by atoms with E-state index in [1.165, 1.54) is 0 Å². The lowest BCUT2D eigenvalue weighted by Crippen LogP contribution is -2.52. The molecule has 5 rings (SSSR count). The van der Waals surface area contributed by atoms with Gasteiger partial charge in [0.1, 0.15) is 23.9 Å². The zero-order valence-corrected chi connectivity index (χ0v) is 20.3. The summed E-state index contributed by atoms with van der Waals surface area (Å²) in [7, 11) is 0. The van der Waals surface area contributed by atoms with Gasteiger partial charge in [0.15, 0.2) is 5.54 Å². The largest absolute Gasteiger partial charge is 0.493 e. The van der Waals surface area contributed by atoms with Crippen molar-refractivity contribution in [3.05, 3.63) is 47.4 Å². The van der Waals surface area contributed by atoms with Gasteiger partial charge in [0.05, 0.1) is 6.61 Å². The molecular weight excluding hydrogens is 448 g/mol. The van der Waals surface area contributed by atoms with Crippen LogP contribution in [0.5, 0.6) is 5.75 Å². The van der Waals surface area contributed by atoms with Crippen LogP contribution >= 0.6 is 0 Å². The van der Waals surface area contributed by atoms with Crippen LogP contribution in [-0.2, 0) is 15.1 Å². The Hall–Kier alpha value is -3.69. The SMILES string of the molecule is Cc1cc(N2CCN(C(=O)CN3C(=O)NC4(CCOc5ccccc54)C3=O)CC2)nc(C(C)C)n1. The van der Waals surface area contributed by atoms with Gasteiger partial charge in [-0.25, -0.2) is 14.8 Å². The number of hydrogen-bond acceptors (Lipinski definition) is 7. The van der Waals surface area contributed by atoms with Crippen molar-refractivity contribution in [2.24, 2.45) is 0 Å². The number of nitrogens with one attached hydrogen (secondary N) is 1. The van der Waals surface area contributed by atoms with E-state index in [4.69, 9.17) is 9.72 Å². The molecule has 35 heavy (non-hydrogen) atoms. The quantitative estimate of drug-likeness (QED) is 0.668. The molecule has 1 unspecified atom stereocenters. The summed E-state index contributed by atoms with van der Waals surface area (Å²) in [5.74, 6) is 1.84. The maximum absolute atomic E-state index is 13.4. The fourth-order valence-corrected chi connectivity index (χ4v) is 4.93. The maximum atomic E-state index is 13.4. The molecule has 0 saturated carbocycles. The van der Waals surface area contributed by atoms with Gasteiger partial charge in [0.25, 0.3) is 5.91 Å². The maximum Gasteiger partial charge on any atom is 0.325 e. The normalized spacial score (nSPS) is 21.9. The van der Waals surface area contributed by atoms with Gasteiger partial charge in [-0.2, -0.15) is 0 Å². The van der Waals surface area contributed by atoms with Crippen molar-refractivity contribution >= 4 is 23.7 Å². The third-order valence-corrected chi connectivity index (χ3v) is 6.88. The van der Waals surface area contributed by atoms with E-state index < -0.39 is 17.5 Å². The first-order valence-electron chi connectivity index (χ1n) is 12.0. The number of benzene rings is 1. The molecule has 0 radical (unpaired) electrons. The zero-order valence-electron chi connectivity index (χ0n) is 20.3. The van der Waals surface area contributed by atoms with Crippen LogP contribution in [0.25, 0.3) is 0 Å². The molecule has 3 aliphatic heterocycles. The summed E-state index contributed by atoms with van der Waals surface area (Å²) in [4.78, 5) is 53.4. The van der Waals surface area contributed by atoms with E-state index in [1.807, 2.05) is 25.1 Å². The van der Waals surface area contributed by atoms with E-state index in [1.54, 1.807) is 17.0 Å². The number of anilines is 1. The van der Waals surface area contributed by atoms with Crippen LogP contribution in [0, 0.1) is 6.92 Å². The Balaban J connectivity index is 1.25. The highest BCUT2D eigenvalue weighted by Gasteiger charge is 2.55. The number of aromatic nitrogens is 2. The summed E-state index contributed by atoms with van der Waals surface area (Å²) in [5.41, 5.74) is 0.373. The van der Waals surface area contributed by atoms with Gasteiger partial charge in [0, 0.05) is 55.8 Å². The van der Waals surface area contributed by atoms with Crippen LogP contribution in [-0.4, -0.2) is 76.9 Å². The number of fused-ring (bicyclic) bond motifs is 2. The summed E-state index contributed by atoms with van der Waals surface area (Å²) >= 11 is 0. The fraction of sp³-hybridized carbons (Fsp3) is 0.480. The molecule has 2 aromatic rings.